The van der Waals surface area contributed by atoms with E-state index in [1.807, 2.05) is 60.7 Å². The molecule has 0 atom stereocenters. The van der Waals surface area contributed by atoms with Gasteiger partial charge >= 0.3 is 11.9 Å². The van der Waals surface area contributed by atoms with Crippen LogP contribution in [0, 0.1) is 0 Å². The molecule has 28 heavy (non-hydrogen) atoms. The molecule has 2 aromatic heterocycles. The van der Waals surface area contributed by atoms with E-state index in [9.17, 15) is 19.8 Å². The fraction of sp³-hybridized carbons (Fsp3) is 0. The zero-order chi connectivity index (χ0) is 19.7. The lowest BCUT2D eigenvalue weighted by atomic mass is 10.0. The van der Waals surface area contributed by atoms with Gasteiger partial charge in [-0.2, -0.15) is 0 Å². The third kappa shape index (κ3) is 3.60. The molecule has 138 valence electrons. The summed E-state index contributed by atoms with van der Waals surface area (Å²) in [6.45, 7) is 0. The minimum absolute atomic E-state index is 0.239. The van der Waals surface area contributed by atoms with Crippen molar-refractivity contribution in [2.75, 3.05) is 0 Å². The third-order valence-electron chi connectivity index (χ3n) is 4.21. The summed E-state index contributed by atoms with van der Waals surface area (Å²) in [4.78, 5) is 25.1. The van der Waals surface area contributed by atoms with E-state index in [1.165, 1.54) is 34.8 Å². The summed E-state index contributed by atoms with van der Waals surface area (Å²) >= 11 is 2.85. The topological polar surface area (TPSA) is 74.6 Å². The average Bonchev–Trinajstić information content (AvgIpc) is 3.26. The SMILES string of the molecule is O=C(O)C(=C\c1cc2ccccc2s1)/C(=C/c1cc2ccccc2s1)C(=O)O. The van der Waals surface area contributed by atoms with Crippen molar-refractivity contribution in [1.29, 1.82) is 0 Å². The second-order valence-electron chi connectivity index (χ2n) is 6.10. The van der Waals surface area contributed by atoms with E-state index < -0.39 is 11.9 Å². The second-order valence-corrected chi connectivity index (χ2v) is 8.33. The van der Waals surface area contributed by atoms with E-state index in [-0.39, 0.29) is 11.1 Å². The molecule has 4 aromatic rings. The molecule has 0 aliphatic carbocycles. The van der Waals surface area contributed by atoms with Crippen LogP contribution in [0.5, 0.6) is 0 Å². The Morgan fingerprint density at radius 3 is 1.43 bits per heavy atom. The third-order valence-corrected chi connectivity index (χ3v) is 6.34. The Labute approximate surface area is 168 Å². The Hall–Kier alpha value is -3.22. The van der Waals surface area contributed by atoms with Crippen molar-refractivity contribution in [3.05, 3.63) is 81.6 Å². The number of carboxylic acids is 2. The lowest BCUT2D eigenvalue weighted by molar-refractivity contribution is -0.136. The van der Waals surface area contributed by atoms with E-state index in [4.69, 9.17) is 0 Å². The summed E-state index contributed by atoms with van der Waals surface area (Å²) in [6, 6.07) is 19.1. The van der Waals surface area contributed by atoms with Gasteiger partial charge in [0.25, 0.3) is 0 Å². The van der Waals surface area contributed by atoms with Crippen LogP contribution in [0.3, 0.4) is 0 Å². The van der Waals surface area contributed by atoms with Crippen LogP contribution in [0.2, 0.25) is 0 Å². The van der Waals surface area contributed by atoms with Gasteiger partial charge in [-0.3, -0.25) is 0 Å². The maximum absolute atomic E-state index is 11.9. The molecule has 0 bridgehead atoms. The van der Waals surface area contributed by atoms with Crippen LogP contribution in [-0.2, 0) is 9.59 Å². The van der Waals surface area contributed by atoms with Crippen molar-refractivity contribution >= 4 is 66.9 Å². The Bertz CT molecular complexity index is 1110. The van der Waals surface area contributed by atoms with Crippen molar-refractivity contribution in [3.63, 3.8) is 0 Å². The highest BCUT2D eigenvalue weighted by molar-refractivity contribution is 7.20. The summed E-state index contributed by atoms with van der Waals surface area (Å²) in [5.74, 6) is -2.54. The average molecular weight is 406 g/mol. The molecule has 0 saturated heterocycles. The lowest BCUT2D eigenvalue weighted by Gasteiger charge is -2.03. The maximum Gasteiger partial charge on any atom is 0.336 e. The van der Waals surface area contributed by atoms with Gasteiger partial charge in [0.2, 0.25) is 0 Å². The summed E-state index contributed by atoms with van der Waals surface area (Å²) in [6.07, 6.45) is 2.86. The number of aliphatic carboxylic acids is 2. The fourth-order valence-corrected chi connectivity index (χ4v) is 4.96. The highest BCUT2D eigenvalue weighted by Gasteiger charge is 2.21. The van der Waals surface area contributed by atoms with Crippen LogP contribution in [0.4, 0.5) is 0 Å². The quantitative estimate of drug-likeness (QED) is 0.327. The van der Waals surface area contributed by atoms with Crippen molar-refractivity contribution in [1.82, 2.24) is 0 Å². The van der Waals surface area contributed by atoms with Crippen molar-refractivity contribution < 1.29 is 19.8 Å². The van der Waals surface area contributed by atoms with Crippen LogP contribution in [0.25, 0.3) is 32.3 Å². The van der Waals surface area contributed by atoms with Crippen LogP contribution >= 0.6 is 22.7 Å². The zero-order valence-electron chi connectivity index (χ0n) is 14.5. The molecule has 6 heteroatoms. The number of benzene rings is 2. The molecule has 0 saturated carbocycles. The van der Waals surface area contributed by atoms with Crippen molar-refractivity contribution in [2.24, 2.45) is 0 Å². The molecule has 2 aromatic carbocycles. The lowest BCUT2D eigenvalue weighted by Crippen LogP contribution is -2.11. The standard InChI is InChI=1S/C22H14O4S2/c23-21(24)17(11-15-9-13-5-1-3-7-19(13)27-15)18(22(25)26)12-16-10-14-6-2-4-8-20(14)28-16/h1-12H,(H,23,24)(H,25,26)/b17-11-,18-12-. The van der Waals surface area contributed by atoms with Gasteiger partial charge < -0.3 is 10.2 Å². The summed E-state index contributed by atoms with van der Waals surface area (Å²) in [5, 5.41) is 21.4. The molecule has 0 fully saturated rings. The van der Waals surface area contributed by atoms with Gasteiger partial charge in [-0.15, -0.1) is 22.7 Å². The van der Waals surface area contributed by atoms with Gasteiger partial charge in [0.15, 0.2) is 0 Å². The molecule has 0 unspecified atom stereocenters. The Morgan fingerprint density at radius 1 is 0.679 bits per heavy atom. The van der Waals surface area contributed by atoms with E-state index in [2.05, 4.69) is 0 Å². The van der Waals surface area contributed by atoms with Crippen LogP contribution in [-0.4, -0.2) is 22.2 Å². The number of fused-ring (bicyclic) bond motifs is 2. The molecular formula is C22H14O4S2. The number of rotatable bonds is 5. The maximum atomic E-state index is 11.9. The minimum Gasteiger partial charge on any atom is -0.478 e. The predicted molar refractivity (Wildman–Crippen MR) is 115 cm³/mol. The Kier molecular flexibility index (Phi) is 4.81. The minimum atomic E-state index is -1.27. The van der Waals surface area contributed by atoms with Crippen molar-refractivity contribution in [2.45, 2.75) is 0 Å². The second kappa shape index (κ2) is 7.42. The first-order chi connectivity index (χ1) is 13.5. The molecule has 0 spiro atoms. The molecule has 0 amide bonds. The Balaban J connectivity index is 1.82. The van der Waals surface area contributed by atoms with Crippen LogP contribution in [0.15, 0.2) is 71.8 Å². The first kappa shape index (κ1) is 18.2. The molecule has 4 nitrogen and oxygen atoms in total. The molecule has 2 N–H and O–H groups in total. The highest BCUT2D eigenvalue weighted by atomic mass is 32.1. The number of hydrogen-bond donors (Lipinski definition) is 2. The fourth-order valence-electron chi connectivity index (χ4n) is 2.94. The predicted octanol–water partition coefficient (Wildman–Crippen LogP) is 5.75. The van der Waals surface area contributed by atoms with Crippen molar-refractivity contribution in [3.8, 4) is 0 Å². The smallest absolute Gasteiger partial charge is 0.336 e. The largest absolute Gasteiger partial charge is 0.478 e. The summed E-state index contributed by atoms with van der Waals surface area (Å²) in [7, 11) is 0. The van der Waals surface area contributed by atoms with Gasteiger partial charge in [-0.1, -0.05) is 36.4 Å². The van der Waals surface area contributed by atoms with Gasteiger partial charge in [-0.25, -0.2) is 9.59 Å². The molecular weight excluding hydrogens is 392 g/mol. The first-order valence-electron chi connectivity index (χ1n) is 8.39. The van der Waals surface area contributed by atoms with E-state index in [0.717, 1.165) is 20.2 Å². The number of carbonyl (C=O) groups is 2. The summed E-state index contributed by atoms with van der Waals surface area (Å²) in [5.41, 5.74) is -0.479. The van der Waals surface area contributed by atoms with Gasteiger partial charge in [-0.05, 0) is 47.2 Å². The van der Waals surface area contributed by atoms with Crippen LogP contribution in [0.1, 0.15) is 9.75 Å². The molecule has 0 aliphatic rings. The highest BCUT2D eigenvalue weighted by Crippen LogP contribution is 2.31. The molecule has 2 heterocycles. The van der Waals surface area contributed by atoms with E-state index >= 15 is 0 Å². The molecule has 0 radical (unpaired) electrons. The first-order valence-corrected chi connectivity index (χ1v) is 10.0. The molecule has 0 aliphatic heterocycles. The number of thiophene rings is 2. The monoisotopic (exact) mass is 406 g/mol. The summed E-state index contributed by atoms with van der Waals surface area (Å²) < 4.78 is 2.03. The zero-order valence-corrected chi connectivity index (χ0v) is 16.1. The number of hydrogen-bond acceptors (Lipinski definition) is 4. The van der Waals surface area contributed by atoms with E-state index in [0.29, 0.717) is 9.75 Å². The van der Waals surface area contributed by atoms with Crippen LogP contribution < -0.4 is 0 Å². The molecule has 4 rings (SSSR count). The number of carboxylic acid groups (broad SMARTS) is 2. The van der Waals surface area contributed by atoms with Gasteiger partial charge in [0.05, 0.1) is 11.1 Å². The van der Waals surface area contributed by atoms with E-state index in [1.54, 1.807) is 0 Å². The van der Waals surface area contributed by atoms with Gasteiger partial charge in [0, 0.05) is 19.2 Å². The normalized spacial score (nSPS) is 12.6. The van der Waals surface area contributed by atoms with Gasteiger partial charge in [0.1, 0.15) is 0 Å². The Morgan fingerprint density at radius 2 is 1.07 bits per heavy atom.